The average Bonchev–Trinajstić information content (AvgIpc) is 2.38. The van der Waals surface area contributed by atoms with Gasteiger partial charge in [-0.1, -0.05) is 42.1 Å². The molecule has 118 valence electrons. The molecule has 4 nitrogen and oxygen atoms in total. The van der Waals surface area contributed by atoms with E-state index >= 15 is 0 Å². The average molecular weight is 367 g/mol. The molecule has 1 heterocycles. The molecule has 1 saturated heterocycles. The normalized spacial score (nSPS) is 37.0. The van der Waals surface area contributed by atoms with Gasteiger partial charge in [0.1, 0.15) is 0 Å². The van der Waals surface area contributed by atoms with Gasteiger partial charge >= 0.3 is 0 Å². The Hall–Kier alpha value is 0.350. The van der Waals surface area contributed by atoms with E-state index in [1.165, 1.54) is 6.42 Å². The Morgan fingerprint density at radius 3 is 2.60 bits per heavy atom. The van der Waals surface area contributed by atoms with Crippen LogP contribution in [0.5, 0.6) is 0 Å². The second kappa shape index (κ2) is 6.63. The van der Waals surface area contributed by atoms with Crippen LogP contribution in [0, 0.1) is 5.92 Å². The fourth-order valence-electron chi connectivity index (χ4n) is 3.66. The van der Waals surface area contributed by atoms with Gasteiger partial charge in [-0.15, -0.1) is 0 Å². The highest BCUT2D eigenvalue weighted by Gasteiger charge is 2.40. The van der Waals surface area contributed by atoms with E-state index in [-0.39, 0.29) is 11.6 Å². The van der Waals surface area contributed by atoms with Gasteiger partial charge in [-0.3, -0.25) is 0 Å². The van der Waals surface area contributed by atoms with Gasteiger partial charge in [0.2, 0.25) is 0 Å². The molecule has 1 N–H and O–H groups in total. The van der Waals surface area contributed by atoms with E-state index < -0.39 is 10.2 Å². The summed E-state index contributed by atoms with van der Waals surface area (Å²) in [6, 6.07) is 0.120. The molecule has 0 aromatic carbocycles. The van der Waals surface area contributed by atoms with Crippen molar-refractivity contribution in [2.45, 2.75) is 70.4 Å². The minimum absolute atomic E-state index is 0.120. The third-order valence-electron chi connectivity index (χ3n) is 4.74. The summed E-state index contributed by atoms with van der Waals surface area (Å²) < 4.78 is 30.2. The molecule has 2 fully saturated rings. The Balaban J connectivity index is 2.12. The zero-order valence-electron chi connectivity index (χ0n) is 12.6. The lowest BCUT2D eigenvalue weighted by molar-refractivity contribution is 0.222. The largest absolute Gasteiger partial charge is 0.280 e. The maximum Gasteiger partial charge on any atom is 0.280 e. The first-order valence-electron chi connectivity index (χ1n) is 7.75. The van der Waals surface area contributed by atoms with Crippen molar-refractivity contribution in [1.82, 2.24) is 9.03 Å². The Kier molecular flexibility index (Phi) is 5.54. The van der Waals surface area contributed by atoms with Gasteiger partial charge in [-0.05, 0) is 38.5 Å². The SMILES string of the molecule is CC1CCCC(CBr)(NS(=O)(=O)N2CCCCC2C)C1. The summed E-state index contributed by atoms with van der Waals surface area (Å²) in [6.45, 7) is 4.89. The second-order valence-electron chi connectivity index (χ2n) is 6.68. The van der Waals surface area contributed by atoms with Crippen LogP contribution < -0.4 is 4.72 Å². The number of halogens is 1. The minimum Gasteiger partial charge on any atom is -0.195 e. The predicted octanol–water partition coefficient (Wildman–Crippen LogP) is 3.04. The molecule has 0 radical (unpaired) electrons. The van der Waals surface area contributed by atoms with Crippen molar-refractivity contribution in [2.24, 2.45) is 5.92 Å². The van der Waals surface area contributed by atoms with Crippen molar-refractivity contribution in [3.05, 3.63) is 0 Å². The predicted molar refractivity (Wildman–Crippen MR) is 86.2 cm³/mol. The first kappa shape index (κ1) is 16.7. The standard InChI is InChI=1S/C14H27BrN2O2S/c1-12-6-5-8-14(10-12,11-15)16-20(18,19)17-9-4-3-7-13(17)2/h12-13,16H,3-11H2,1-2H3. The van der Waals surface area contributed by atoms with E-state index in [4.69, 9.17) is 0 Å². The molecule has 0 aromatic rings. The fraction of sp³-hybridized carbons (Fsp3) is 1.00. The molecule has 1 aliphatic heterocycles. The maximum absolute atomic E-state index is 12.7. The topological polar surface area (TPSA) is 49.4 Å². The van der Waals surface area contributed by atoms with Crippen LogP contribution in [-0.2, 0) is 10.2 Å². The molecule has 3 unspecified atom stereocenters. The summed E-state index contributed by atoms with van der Waals surface area (Å²) in [6.07, 6.45) is 7.25. The molecule has 1 saturated carbocycles. The second-order valence-corrected chi connectivity index (χ2v) is 8.86. The fourth-order valence-corrected chi connectivity index (χ4v) is 6.37. The Labute approximate surface area is 132 Å². The third kappa shape index (κ3) is 3.76. The number of nitrogens with one attached hydrogen (secondary N) is 1. The molecule has 0 spiro atoms. The van der Waals surface area contributed by atoms with Crippen LogP contribution in [0.3, 0.4) is 0 Å². The highest BCUT2D eigenvalue weighted by atomic mass is 79.9. The highest BCUT2D eigenvalue weighted by molar-refractivity contribution is 9.09. The monoisotopic (exact) mass is 366 g/mol. The summed E-state index contributed by atoms with van der Waals surface area (Å²) in [5.74, 6) is 0.586. The van der Waals surface area contributed by atoms with Gasteiger partial charge in [-0.2, -0.15) is 17.4 Å². The molecule has 2 aliphatic rings. The van der Waals surface area contributed by atoms with E-state index in [9.17, 15) is 8.42 Å². The summed E-state index contributed by atoms with van der Waals surface area (Å²) in [5.41, 5.74) is -0.298. The lowest BCUT2D eigenvalue weighted by Gasteiger charge is -2.42. The van der Waals surface area contributed by atoms with Crippen LogP contribution in [0.2, 0.25) is 0 Å². The molecule has 6 heteroatoms. The van der Waals surface area contributed by atoms with E-state index in [0.29, 0.717) is 17.8 Å². The van der Waals surface area contributed by atoms with Crippen molar-refractivity contribution in [3.8, 4) is 0 Å². The number of hydrogen-bond donors (Lipinski definition) is 1. The summed E-state index contributed by atoms with van der Waals surface area (Å²) >= 11 is 3.54. The molecular formula is C14H27BrN2O2S. The summed E-state index contributed by atoms with van der Waals surface area (Å²) in [4.78, 5) is 0. The molecule has 0 amide bonds. The van der Waals surface area contributed by atoms with Crippen molar-refractivity contribution in [1.29, 1.82) is 0 Å². The van der Waals surface area contributed by atoms with Crippen molar-refractivity contribution in [3.63, 3.8) is 0 Å². The number of alkyl halides is 1. The molecule has 20 heavy (non-hydrogen) atoms. The maximum atomic E-state index is 12.7. The van der Waals surface area contributed by atoms with E-state index in [1.807, 2.05) is 6.92 Å². The summed E-state index contributed by atoms with van der Waals surface area (Å²) in [5, 5.41) is 0.700. The third-order valence-corrected chi connectivity index (χ3v) is 7.67. The minimum atomic E-state index is -3.37. The van der Waals surface area contributed by atoms with Crippen LogP contribution in [-0.4, -0.2) is 36.2 Å². The number of hydrogen-bond acceptors (Lipinski definition) is 2. The van der Waals surface area contributed by atoms with Gasteiger partial charge in [0.05, 0.1) is 0 Å². The van der Waals surface area contributed by atoms with E-state index in [2.05, 4.69) is 27.6 Å². The summed E-state index contributed by atoms with van der Waals surface area (Å²) in [7, 11) is -3.37. The van der Waals surface area contributed by atoms with Gasteiger partial charge in [0.25, 0.3) is 10.2 Å². The zero-order chi connectivity index (χ0) is 14.8. The quantitative estimate of drug-likeness (QED) is 0.777. The van der Waals surface area contributed by atoms with Crippen LogP contribution in [0.4, 0.5) is 0 Å². The molecular weight excluding hydrogens is 340 g/mol. The Bertz CT molecular complexity index is 429. The first-order valence-corrected chi connectivity index (χ1v) is 10.3. The highest BCUT2D eigenvalue weighted by Crippen LogP contribution is 2.35. The smallest absolute Gasteiger partial charge is 0.195 e. The number of nitrogens with zero attached hydrogens (tertiary/aromatic N) is 1. The number of piperidine rings is 1. The van der Waals surface area contributed by atoms with Crippen LogP contribution >= 0.6 is 15.9 Å². The first-order chi connectivity index (χ1) is 9.38. The van der Waals surface area contributed by atoms with Crippen molar-refractivity contribution < 1.29 is 8.42 Å². The van der Waals surface area contributed by atoms with Gasteiger partial charge in [0.15, 0.2) is 0 Å². The van der Waals surface area contributed by atoms with E-state index in [1.54, 1.807) is 4.31 Å². The molecule has 2 rings (SSSR count). The Morgan fingerprint density at radius 2 is 2.00 bits per heavy atom. The van der Waals surface area contributed by atoms with E-state index in [0.717, 1.165) is 38.5 Å². The molecule has 3 atom stereocenters. The lowest BCUT2D eigenvalue weighted by atomic mass is 9.78. The Morgan fingerprint density at radius 1 is 1.25 bits per heavy atom. The molecule has 0 bridgehead atoms. The lowest BCUT2D eigenvalue weighted by Crippen LogP contribution is -2.58. The molecule has 0 aromatic heterocycles. The molecule has 1 aliphatic carbocycles. The van der Waals surface area contributed by atoms with Gasteiger partial charge in [-0.25, -0.2) is 0 Å². The number of rotatable bonds is 4. The van der Waals surface area contributed by atoms with Crippen LogP contribution in [0.1, 0.15) is 58.8 Å². The van der Waals surface area contributed by atoms with Crippen molar-refractivity contribution in [2.75, 3.05) is 11.9 Å². The zero-order valence-corrected chi connectivity index (χ0v) is 15.0. The van der Waals surface area contributed by atoms with Crippen LogP contribution in [0.25, 0.3) is 0 Å². The van der Waals surface area contributed by atoms with Gasteiger partial charge < -0.3 is 0 Å². The van der Waals surface area contributed by atoms with Crippen LogP contribution in [0.15, 0.2) is 0 Å². The van der Waals surface area contributed by atoms with Crippen molar-refractivity contribution >= 4 is 26.1 Å². The van der Waals surface area contributed by atoms with Gasteiger partial charge in [0, 0.05) is 23.5 Å².